The molecule has 0 aliphatic carbocycles. The molecule has 3 heteroatoms. The van der Waals surface area contributed by atoms with Crippen LogP contribution in [0.2, 0.25) is 0 Å². The van der Waals surface area contributed by atoms with Gasteiger partial charge in [0.05, 0.1) is 0 Å². The molecule has 1 heterocycles. The van der Waals surface area contributed by atoms with Gasteiger partial charge in [0.25, 0.3) is 0 Å². The highest BCUT2D eigenvalue weighted by Crippen LogP contribution is 2.24. The molecular formula is C10H11BrFN. The standard InChI is InChI=1S/C10H11BrFN/c1-6-2-7-3-8(11)4-10(12)9(7)5-13-6/h3-4,6,13H,2,5H2,1H3. The number of hydrogen-bond acceptors (Lipinski definition) is 1. The third kappa shape index (κ3) is 1.76. The Bertz CT molecular complexity index is 338. The third-order valence-electron chi connectivity index (χ3n) is 2.41. The summed E-state index contributed by atoms with van der Waals surface area (Å²) >= 11 is 3.30. The Balaban J connectivity index is 2.47. The van der Waals surface area contributed by atoms with Crippen molar-refractivity contribution in [3.63, 3.8) is 0 Å². The molecule has 0 fully saturated rings. The van der Waals surface area contributed by atoms with E-state index in [2.05, 4.69) is 28.2 Å². The summed E-state index contributed by atoms with van der Waals surface area (Å²) in [7, 11) is 0. The maximum atomic E-state index is 13.4. The maximum Gasteiger partial charge on any atom is 0.129 e. The van der Waals surface area contributed by atoms with E-state index < -0.39 is 0 Å². The van der Waals surface area contributed by atoms with E-state index in [1.54, 1.807) is 0 Å². The van der Waals surface area contributed by atoms with Crippen LogP contribution in [0.1, 0.15) is 18.1 Å². The monoisotopic (exact) mass is 243 g/mol. The lowest BCUT2D eigenvalue weighted by Crippen LogP contribution is -2.33. The van der Waals surface area contributed by atoms with Gasteiger partial charge in [-0.1, -0.05) is 15.9 Å². The van der Waals surface area contributed by atoms with Crippen LogP contribution in [0.25, 0.3) is 0 Å². The Morgan fingerprint density at radius 2 is 2.31 bits per heavy atom. The van der Waals surface area contributed by atoms with Crippen LogP contribution < -0.4 is 5.32 Å². The number of halogens is 2. The highest BCUT2D eigenvalue weighted by molar-refractivity contribution is 9.10. The van der Waals surface area contributed by atoms with Crippen LogP contribution in [-0.4, -0.2) is 6.04 Å². The summed E-state index contributed by atoms with van der Waals surface area (Å²) in [6.45, 7) is 2.76. The minimum absolute atomic E-state index is 0.108. The zero-order chi connectivity index (χ0) is 9.42. The molecule has 0 saturated heterocycles. The molecule has 0 amide bonds. The van der Waals surface area contributed by atoms with E-state index >= 15 is 0 Å². The molecule has 0 radical (unpaired) electrons. The van der Waals surface area contributed by atoms with Crippen LogP contribution in [0.15, 0.2) is 16.6 Å². The largest absolute Gasteiger partial charge is 0.310 e. The third-order valence-corrected chi connectivity index (χ3v) is 2.86. The first-order valence-corrected chi connectivity index (χ1v) is 5.16. The van der Waals surface area contributed by atoms with Crippen LogP contribution in [0.3, 0.4) is 0 Å². The molecule has 0 spiro atoms. The van der Waals surface area contributed by atoms with Crippen LogP contribution >= 0.6 is 15.9 Å². The van der Waals surface area contributed by atoms with Gasteiger partial charge in [0, 0.05) is 22.6 Å². The molecule has 1 aliphatic heterocycles. The SMILES string of the molecule is CC1Cc2cc(Br)cc(F)c2CN1. The molecule has 0 saturated carbocycles. The first kappa shape index (κ1) is 9.16. The number of nitrogens with one attached hydrogen (secondary N) is 1. The van der Waals surface area contributed by atoms with Crippen LogP contribution in [0, 0.1) is 5.82 Å². The van der Waals surface area contributed by atoms with Gasteiger partial charge in [0.15, 0.2) is 0 Å². The molecule has 1 aromatic rings. The molecule has 13 heavy (non-hydrogen) atoms. The second kappa shape index (κ2) is 3.39. The van der Waals surface area contributed by atoms with Crippen molar-refractivity contribution < 1.29 is 4.39 Å². The van der Waals surface area contributed by atoms with E-state index in [0.717, 1.165) is 22.0 Å². The van der Waals surface area contributed by atoms with Crippen molar-refractivity contribution in [1.29, 1.82) is 0 Å². The van der Waals surface area contributed by atoms with Crippen LogP contribution in [0.4, 0.5) is 4.39 Å². The van der Waals surface area contributed by atoms with Crippen molar-refractivity contribution in [3.8, 4) is 0 Å². The highest BCUT2D eigenvalue weighted by atomic mass is 79.9. The summed E-state index contributed by atoms with van der Waals surface area (Å²) in [5, 5.41) is 3.24. The minimum Gasteiger partial charge on any atom is -0.310 e. The predicted octanol–water partition coefficient (Wildman–Crippen LogP) is 2.62. The summed E-state index contributed by atoms with van der Waals surface area (Å²) in [6, 6.07) is 3.98. The maximum absolute atomic E-state index is 13.4. The summed E-state index contributed by atoms with van der Waals surface area (Å²) in [5.41, 5.74) is 1.94. The lowest BCUT2D eigenvalue weighted by molar-refractivity contribution is 0.489. The molecule has 1 nitrogen and oxygen atoms in total. The molecule has 0 bridgehead atoms. The summed E-state index contributed by atoms with van der Waals surface area (Å²) < 4.78 is 14.2. The van der Waals surface area contributed by atoms with Gasteiger partial charge in [-0.3, -0.25) is 0 Å². The quantitative estimate of drug-likeness (QED) is 0.739. The Kier molecular flexibility index (Phi) is 2.39. The summed E-state index contributed by atoms with van der Waals surface area (Å²) in [5.74, 6) is -0.108. The van der Waals surface area contributed by atoms with Gasteiger partial charge in [-0.2, -0.15) is 0 Å². The van der Waals surface area contributed by atoms with Crippen LogP contribution in [-0.2, 0) is 13.0 Å². The van der Waals surface area contributed by atoms with Gasteiger partial charge in [-0.25, -0.2) is 4.39 Å². The molecular weight excluding hydrogens is 233 g/mol. The zero-order valence-electron chi connectivity index (χ0n) is 7.40. The fourth-order valence-corrected chi connectivity index (χ4v) is 2.19. The van der Waals surface area contributed by atoms with Crippen LogP contribution in [0.5, 0.6) is 0 Å². The van der Waals surface area contributed by atoms with Gasteiger partial charge >= 0.3 is 0 Å². The van der Waals surface area contributed by atoms with E-state index in [9.17, 15) is 4.39 Å². The van der Waals surface area contributed by atoms with Gasteiger partial charge in [-0.15, -0.1) is 0 Å². The van der Waals surface area contributed by atoms with Crippen molar-refractivity contribution in [1.82, 2.24) is 5.32 Å². The summed E-state index contributed by atoms with van der Waals surface area (Å²) in [6.07, 6.45) is 0.908. The lowest BCUT2D eigenvalue weighted by Gasteiger charge is -2.23. The minimum atomic E-state index is -0.108. The van der Waals surface area contributed by atoms with Gasteiger partial charge in [0.2, 0.25) is 0 Å². The van der Waals surface area contributed by atoms with Crippen molar-refractivity contribution in [2.24, 2.45) is 0 Å². The van der Waals surface area contributed by atoms with Gasteiger partial charge in [0.1, 0.15) is 5.82 Å². The molecule has 1 atom stereocenters. The number of hydrogen-bond donors (Lipinski definition) is 1. The molecule has 70 valence electrons. The van der Waals surface area contributed by atoms with Crippen molar-refractivity contribution >= 4 is 15.9 Å². The first-order chi connectivity index (χ1) is 6.16. The van der Waals surface area contributed by atoms with Crippen molar-refractivity contribution in [3.05, 3.63) is 33.5 Å². The second-order valence-electron chi connectivity index (χ2n) is 3.51. The van der Waals surface area contributed by atoms with E-state index in [4.69, 9.17) is 0 Å². The smallest absolute Gasteiger partial charge is 0.129 e. The molecule has 1 N–H and O–H groups in total. The number of benzene rings is 1. The molecule has 1 aliphatic rings. The van der Waals surface area contributed by atoms with Crippen molar-refractivity contribution in [2.75, 3.05) is 0 Å². The second-order valence-corrected chi connectivity index (χ2v) is 4.43. The first-order valence-electron chi connectivity index (χ1n) is 4.37. The number of rotatable bonds is 0. The topological polar surface area (TPSA) is 12.0 Å². The Morgan fingerprint density at radius 3 is 3.08 bits per heavy atom. The van der Waals surface area contributed by atoms with E-state index in [1.165, 1.54) is 6.07 Å². The average Bonchev–Trinajstić information content (AvgIpc) is 2.02. The summed E-state index contributed by atoms with van der Waals surface area (Å²) in [4.78, 5) is 0. The number of fused-ring (bicyclic) bond motifs is 1. The highest BCUT2D eigenvalue weighted by Gasteiger charge is 2.17. The Morgan fingerprint density at radius 1 is 1.54 bits per heavy atom. The Hall–Kier alpha value is -0.410. The molecule has 1 unspecified atom stereocenters. The van der Waals surface area contributed by atoms with E-state index in [1.807, 2.05) is 6.07 Å². The van der Waals surface area contributed by atoms with Gasteiger partial charge < -0.3 is 5.32 Å². The molecule has 2 rings (SSSR count). The van der Waals surface area contributed by atoms with Gasteiger partial charge in [-0.05, 0) is 31.0 Å². The Labute approximate surface area is 85.5 Å². The lowest BCUT2D eigenvalue weighted by atomic mass is 9.96. The average molecular weight is 244 g/mol. The fraction of sp³-hybridized carbons (Fsp3) is 0.400. The molecule has 1 aromatic carbocycles. The predicted molar refractivity (Wildman–Crippen MR) is 54.1 cm³/mol. The molecule has 0 aromatic heterocycles. The van der Waals surface area contributed by atoms with Crippen molar-refractivity contribution in [2.45, 2.75) is 25.9 Å². The fourth-order valence-electron chi connectivity index (χ4n) is 1.72. The van der Waals surface area contributed by atoms with E-state index in [0.29, 0.717) is 12.6 Å². The normalized spacial score (nSPS) is 21.3. The van der Waals surface area contributed by atoms with E-state index in [-0.39, 0.29) is 5.82 Å². The zero-order valence-corrected chi connectivity index (χ0v) is 8.99.